The van der Waals surface area contributed by atoms with Crippen molar-refractivity contribution in [1.29, 1.82) is 0 Å². The fourth-order valence-electron chi connectivity index (χ4n) is 2.95. The smallest absolute Gasteiger partial charge is 0.274 e. The van der Waals surface area contributed by atoms with Crippen LogP contribution in [0.1, 0.15) is 31.9 Å². The highest BCUT2D eigenvalue weighted by atomic mass is 16.6. The molecule has 1 aliphatic rings. The third kappa shape index (κ3) is 3.16. The maximum Gasteiger partial charge on any atom is 0.274 e. The first kappa shape index (κ1) is 14.9. The molecule has 1 aromatic rings. The van der Waals surface area contributed by atoms with Gasteiger partial charge in [-0.05, 0) is 5.92 Å². The minimum absolute atomic E-state index is 0.128. The Kier molecular flexibility index (Phi) is 5.09. The molecular formula is C15H23N3O2. The molecule has 0 amide bonds. The van der Waals surface area contributed by atoms with E-state index in [-0.39, 0.29) is 16.7 Å². The van der Waals surface area contributed by atoms with Crippen LogP contribution in [0, 0.1) is 16.0 Å². The van der Waals surface area contributed by atoms with Crippen LogP contribution in [0.4, 0.5) is 5.69 Å². The highest BCUT2D eigenvalue weighted by molar-refractivity contribution is 5.42. The van der Waals surface area contributed by atoms with E-state index >= 15 is 0 Å². The second-order valence-corrected chi connectivity index (χ2v) is 5.43. The second kappa shape index (κ2) is 6.81. The molecule has 2 atom stereocenters. The van der Waals surface area contributed by atoms with E-state index < -0.39 is 0 Å². The number of nitro benzene ring substituents is 1. The molecule has 0 bridgehead atoms. The molecule has 5 heteroatoms. The molecule has 5 nitrogen and oxygen atoms in total. The Morgan fingerprint density at radius 2 is 2.00 bits per heavy atom. The van der Waals surface area contributed by atoms with Gasteiger partial charge in [0.05, 0.1) is 4.92 Å². The molecule has 0 radical (unpaired) electrons. The number of nitrogens with one attached hydrogen (secondary N) is 1. The molecule has 1 saturated heterocycles. The summed E-state index contributed by atoms with van der Waals surface area (Å²) in [6, 6.07) is 7.31. The summed E-state index contributed by atoms with van der Waals surface area (Å²) in [7, 11) is 0. The third-order valence-electron chi connectivity index (χ3n) is 4.18. The minimum Gasteiger partial charge on any atom is -0.314 e. The number of nitrogens with zero attached hydrogens (tertiary/aromatic N) is 2. The number of piperazine rings is 1. The molecule has 1 heterocycles. The summed E-state index contributed by atoms with van der Waals surface area (Å²) in [6.07, 6.45) is 1.01. The van der Waals surface area contributed by atoms with Crippen LogP contribution in [0.5, 0.6) is 0 Å². The highest BCUT2D eigenvalue weighted by Crippen LogP contribution is 2.36. The van der Waals surface area contributed by atoms with E-state index in [9.17, 15) is 10.1 Å². The standard InChI is InChI=1S/C15H23N3O2/c1-3-12(2)15(17-10-8-16-9-11-17)13-6-4-5-7-14(13)18(19)20/h4-7,12,15-16H,3,8-11H2,1-2H3/t12?,15-/m0/s1. The maximum absolute atomic E-state index is 11.3. The van der Waals surface area contributed by atoms with Gasteiger partial charge in [-0.25, -0.2) is 0 Å². The summed E-state index contributed by atoms with van der Waals surface area (Å²) in [5, 5.41) is 14.6. The zero-order valence-electron chi connectivity index (χ0n) is 12.2. The van der Waals surface area contributed by atoms with Gasteiger partial charge >= 0.3 is 0 Å². The third-order valence-corrected chi connectivity index (χ3v) is 4.18. The number of hydrogen-bond donors (Lipinski definition) is 1. The van der Waals surface area contributed by atoms with Crippen LogP contribution >= 0.6 is 0 Å². The van der Waals surface area contributed by atoms with E-state index in [1.807, 2.05) is 12.1 Å². The van der Waals surface area contributed by atoms with Crippen molar-refractivity contribution in [2.75, 3.05) is 26.2 Å². The molecule has 1 N–H and O–H groups in total. The summed E-state index contributed by atoms with van der Waals surface area (Å²) >= 11 is 0. The quantitative estimate of drug-likeness (QED) is 0.664. The van der Waals surface area contributed by atoms with Gasteiger partial charge in [-0.2, -0.15) is 0 Å². The summed E-state index contributed by atoms with van der Waals surface area (Å²) < 4.78 is 0. The van der Waals surface area contributed by atoms with E-state index in [2.05, 4.69) is 24.1 Å². The molecule has 0 aromatic heterocycles. The van der Waals surface area contributed by atoms with Crippen LogP contribution in [-0.2, 0) is 0 Å². The minimum atomic E-state index is -0.257. The van der Waals surface area contributed by atoms with Crippen molar-refractivity contribution in [1.82, 2.24) is 10.2 Å². The van der Waals surface area contributed by atoms with Crippen LogP contribution in [0.2, 0.25) is 0 Å². The van der Waals surface area contributed by atoms with Crippen molar-refractivity contribution in [2.45, 2.75) is 26.3 Å². The molecule has 110 valence electrons. The topological polar surface area (TPSA) is 58.4 Å². The molecule has 1 unspecified atom stereocenters. The molecule has 20 heavy (non-hydrogen) atoms. The Balaban J connectivity index is 2.37. The lowest BCUT2D eigenvalue weighted by atomic mass is 9.89. The molecule has 0 saturated carbocycles. The van der Waals surface area contributed by atoms with Gasteiger partial charge in [0.2, 0.25) is 0 Å². The fourth-order valence-corrected chi connectivity index (χ4v) is 2.95. The van der Waals surface area contributed by atoms with Gasteiger partial charge in [0.1, 0.15) is 0 Å². The van der Waals surface area contributed by atoms with E-state index in [0.29, 0.717) is 5.92 Å². The van der Waals surface area contributed by atoms with Crippen LogP contribution in [0.25, 0.3) is 0 Å². The first-order valence-electron chi connectivity index (χ1n) is 7.33. The fraction of sp³-hybridized carbons (Fsp3) is 0.600. The Morgan fingerprint density at radius 1 is 1.35 bits per heavy atom. The summed E-state index contributed by atoms with van der Waals surface area (Å²) in [5.41, 5.74) is 1.10. The van der Waals surface area contributed by atoms with E-state index in [0.717, 1.165) is 38.2 Å². The largest absolute Gasteiger partial charge is 0.314 e. The average Bonchev–Trinajstić information content (AvgIpc) is 2.48. The lowest BCUT2D eigenvalue weighted by Gasteiger charge is -2.38. The van der Waals surface area contributed by atoms with Gasteiger partial charge in [-0.3, -0.25) is 15.0 Å². The van der Waals surface area contributed by atoms with Gasteiger partial charge in [0.25, 0.3) is 5.69 Å². The number of para-hydroxylation sites is 1. The normalized spacial score (nSPS) is 19.5. The number of hydrogen-bond acceptors (Lipinski definition) is 4. The average molecular weight is 277 g/mol. The molecular weight excluding hydrogens is 254 g/mol. The Bertz CT molecular complexity index is 458. The van der Waals surface area contributed by atoms with Gasteiger partial charge in [0.15, 0.2) is 0 Å². The number of nitro groups is 1. The van der Waals surface area contributed by atoms with Gasteiger partial charge in [0, 0.05) is 43.9 Å². The predicted molar refractivity (Wildman–Crippen MR) is 79.7 cm³/mol. The van der Waals surface area contributed by atoms with E-state index in [4.69, 9.17) is 0 Å². The Morgan fingerprint density at radius 3 is 2.60 bits per heavy atom. The van der Waals surface area contributed by atoms with Crippen LogP contribution < -0.4 is 5.32 Å². The van der Waals surface area contributed by atoms with Crippen molar-refractivity contribution in [2.24, 2.45) is 5.92 Å². The molecule has 1 aliphatic heterocycles. The van der Waals surface area contributed by atoms with Crippen molar-refractivity contribution >= 4 is 5.69 Å². The van der Waals surface area contributed by atoms with Crippen LogP contribution in [0.15, 0.2) is 24.3 Å². The Hall–Kier alpha value is -1.46. The maximum atomic E-state index is 11.3. The zero-order chi connectivity index (χ0) is 14.5. The Labute approximate surface area is 120 Å². The molecule has 1 aromatic carbocycles. The lowest BCUT2D eigenvalue weighted by Crippen LogP contribution is -2.46. The number of benzene rings is 1. The van der Waals surface area contributed by atoms with Gasteiger partial charge < -0.3 is 5.32 Å². The molecule has 0 spiro atoms. The van der Waals surface area contributed by atoms with Gasteiger partial charge in [-0.1, -0.05) is 38.5 Å². The SMILES string of the molecule is CCC(C)[C@@H](c1ccccc1[N+](=O)[O-])N1CCNCC1. The summed E-state index contributed by atoms with van der Waals surface area (Å²) in [4.78, 5) is 13.4. The monoisotopic (exact) mass is 277 g/mol. The van der Waals surface area contributed by atoms with Crippen LogP contribution in [0.3, 0.4) is 0 Å². The molecule has 0 aliphatic carbocycles. The van der Waals surface area contributed by atoms with Gasteiger partial charge in [-0.15, -0.1) is 0 Å². The van der Waals surface area contributed by atoms with Crippen molar-refractivity contribution in [3.05, 3.63) is 39.9 Å². The van der Waals surface area contributed by atoms with E-state index in [1.54, 1.807) is 12.1 Å². The number of rotatable bonds is 5. The first-order chi connectivity index (χ1) is 9.65. The molecule has 2 rings (SSSR count). The first-order valence-corrected chi connectivity index (χ1v) is 7.33. The van der Waals surface area contributed by atoms with Crippen molar-refractivity contribution in [3.63, 3.8) is 0 Å². The van der Waals surface area contributed by atoms with E-state index in [1.165, 1.54) is 0 Å². The van der Waals surface area contributed by atoms with Crippen molar-refractivity contribution < 1.29 is 4.92 Å². The summed E-state index contributed by atoms with van der Waals surface area (Å²) in [6.45, 7) is 8.13. The molecule has 1 fully saturated rings. The predicted octanol–water partition coefficient (Wildman–Crippen LogP) is 2.59. The zero-order valence-corrected chi connectivity index (χ0v) is 12.2. The lowest BCUT2D eigenvalue weighted by molar-refractivity contribution is -0.386. The summed E-state index contributed by atoms with van der Waals surface area (Å²) in [5.74, 6) is 0.397. The van der Waals surface area contributed by atoms with Crippen molar-refractivity contribution in [3.8, 4) is 0 Å². The second-order valence-electron chi connectivity index (χ2n) is 5.43. The highest BCUT2D eigenvalue weighted by Gasteiger charge is 2.31. The van der Waals surface area contributed by atoms with Crippen LogP contribution in [-0.4, -0.2) is 36.0 Å².